The van der Waals surface area contributed by atoms with Crippen LogP contribution in [0.4, 0.5) is 0 Å². The molecule has 0 aromatic carbocycles. The van der Waals surface area contributed by atoms with Gasteiger partial charge in [-0.3, -0.25) is 4.68 Å². The van der Waals surface area contributed by atoms with Gasteiger partial charge in [0.25, 0.3) is 0 Å². The molecule has 1 fully saturated rings. The average molecular weight is 290 g/mol. The molecule has 21 heavy (non-hydrogen) atoms. The lowest BCUT2D eigenvalue weighted by molar-refractivity contribution is 0.0438. The van der Waals surface area contributed by atoms with E-state index in [2.05, 4.69) is 18.9 Å². The normalized spacial score (nSPS) is 18.4. The molecular formula is C17H26N2O2. The monoisotopic (exact) mass is 290 g/mol. The molecule has 2 heterocycles. The van der Waals surface area contributed by atoms with E-state index in [0.717, 1.165) is 37.3 Å². The summed E-state index contributed by atoms with van der Waals surface area (Å²) in [6, 6.07) is 0. The van der Waals surface area contributed by atoms with Crippen molar-refractivity contribution >= 4 is 5.97 Å². The molecule has 1 aliphatic heterocycles. The Hall–Kier alpha value is -1.32. The molecule has 0 atom stereocenters. The highest BCUT2D eigenvalue weighted by atomic mass is 16.5. The number of rotatable bonds is 5. The van der Waals surface area contributed by atoms with Crippen LogP contribution in [0.15, 0.2) is 0 Å². The number of aromatic nitrogens is 2. The number of hydrogen-bond acceptors (Lipinski definition) is 3. The van der Waals surface area contributed by atoms with E-state index in [1.54, 1.807) is 0 Å². The SMILES string of the molecule is Cc1c(C(=O)OCCC(C)(C)C2CC2)nn2c1CCCC2. The lowest BCUT2D eigenvalue weighted by atomic mass is 9.84. The van der Waals surface area contributed by atoms with Gasteiger partial charge in [-0.1, -0.05) is 13.8 Å². The van der Waals surface area contributed by atoms with E-state index in [1.165, 1.54) is 25.0 Å². The molecule has 1 aliphatic carbocycles. The van der Waals surface area contributed by atoms with Crippen LogP contribution in [0.1, 0.15) is 67.7 Å². The molecule has 1 saturated carbocycles. The van der Waals surface area contributed by atoms with Gasteiger partial charge in [0.05, 0.1) is 6.61 Å². The molecule has 3 rings (SSSR count). The number of nitrogens with zero attached hydrogens (tertiary/aromatic N) is 2. The van der Waals surface area contributed by atoms with E-state index in [9.17, 15) is 4.79 Å². The molecule has 0 radical (unpaired) electrons. The number of ether oxygens (including phenoxy) is 1. The molecule has 4 heteroatoms. The van der Waals surface area contributed by atoms with Gasteiger partial charge in [0, 0.05) is 17.8 Å². The Morgan fingerprint density at radius 2 is 2.14 bits per heavy atom. The van der Waals surface area contributed by atoms with Crippen LogP contribution in [-0.2, 0) is 17.7 Å². The third kappa shape index (κ3) is 2.99. The van der Waals surface area contributed by atoms with Crippen LogP contribution >= 0.6 is 0 Å². The summed E-state index contributed by atoms with van der Waals surface area (Å²) in [6.07, 6.45) is 6.97. The highest BCUT2D eigenvalue weighted by molar-refractivity contribution is 5.89. The van der Waals surface area contributed by atoms with E-state index in [4.69, 9.17) is 4.74 Å². The van der Waals surface area contributed by atoms with Gasteiger partial charge in [-0.05, 0) is 56.8 Å². The van der Waals surface area contributed by atoms with Crippen LogP contribution in [0.2, 0.25) is 0 Å². The van der Waals surface area contributed by atoms with E-state index in [-0.39, 0.29) is 5.97 Å². The lowest BCUT2D eigenvalue weighted by Crippen LogP contribution is -2.19. The predicted molar refractivity (Wildman–Crippen MR) is 81.3 cm³/mol. The van der Waals surface area contributed by atoms with E-state index < -0.39 is 0 Å². The van der Waals surface area contributed by atoms with E-state index in [1.807, 2.05) is 11.6 Å². The summed E-state index contributed by atoms with van der Waals surface area (Å²) in [7, 11) is 0. The third-order valence-corrected chi connectivity index (χ3v) is 5.21. The maximum Gasteiger partial charge on any atom is 0.359 e. The quantitative estimate of drug-likeness (QED) is 0.779. The second-order valence-corrected chi connectivity index (χ2v) is 7.25. The molecule has 1 aromatic rings. The van der Waals surface area contributed by atoms with E-state index >= 15 is 0 Å². The van der Waals surface area contributed by atoms with Crippen LogP contribution in [0.3, 0.4) is 0 Å². The van der Waals surface area contributed by atoms with Gasteiger partial charge in [0.15, 0.2) is 5.69 Å². The summed E-state index contributed by atoms with van der Waals surface area (Å²) < 4.78 is 7.48. The largest absolute Gasteiger partial charge is 0.461 e. The molecule has 0 spiro atoms. The highest BCUT2D eigenvalue weighted by Gasteiger charge is 2.37. The highest BCUT2D eigenvalue weighted by Crippen LogP contribution is 2.47. The molecule has 0 bridgehead atoms. The first-order chi connectivity index (χ1) is 9.99. The van der Waals surface area contributed by atoms with Crippen molar-refractivity contribution in [3.05, 3.63) is 17.0 Å². The standard InChI is InChI=1S/C17H26N2O2/c1-12-14-6-4-5-10-19(14)18-15(12)16(20)21-11-9-17(2,3)13-7-8-13/h13H,4-11H2,1-3H3. The molecule has 0 saturated heterocycles. The van der Waals surface area contributed by atoms with Crippen molar-refractivity contribution in [1.29, 1.82) is 0 Å². The van der Waals surface area contributed by atoms with Crippen LogP contribution in [0, 0.1) is 18.3 Å². The maximum absolute atomic E-state index is 12.3. The van der Waals surface area contributed by atoms with Crippen molar-refractivity contribution in [2.24, 2.45) is 11.3 Å². The van der Waals surface area contributed by atoms with Crippen LogP contribution in [-0.4, -0.2) is 22.4 Å². The fourth-order valence-electron chi connectivity index (χ4n) is 3.38. The van der Waals surface area contributed by atoms with Gasteiger partial charge < -0.3 is 4.74 Å². The Labute approximate surface area is 126 Å². The van der Waals surface area contributed by atoms with Crippen molar-refractivity contribution in [2.45, 2.75) is 65.8 Å². The van der Waals surface area contributed by atoms with Crippen LogP contribution in [0.5, 0.6) is 0 Å². The lowest BCUT2D eigenvalue weighted by Gasteiger charge is -2.23. The first-order valence-corrected chi connectivity index (χ1v) is 8.22. The number of aryl methyl sites for hydroxylation is 1. The van der Waals surface area contributed by atoms with Gasteiger partial charge in [-0.25, -0.2) is 4.79 Å². The Bertz CT molecular complexity index is 541. The first-order valence-electron chi connectivity index (χ1n) is 8.22. The minimum atomic E-state index is -0.249. The number of carbonyl (C=O) groups excluding carboxylic acids is 1. The van der Waals surface area contributed by atoms with Crippen LogP contribution in [0.25, 0.3) is 0 Å². The first kappa shape index (κ1) is 14.6. The van der Waals surface area contributed by atoms with Gasteiger partial charge in [-0.15, -0.1) is 0 Å². The summed E-state index contributed by atoms with van der Waals surface area (Å²) in [5.41, 5.74) is 3.05. The van der Waals surface area contributed by atoms with Crippen molar-refractivity contribution < 1.29 is 9.53 Å². The molecule has 2 aliphatic rings. The zero-order valence-corrected chi connectivity index (χ0v) is 13.4. The van der Waals surface area contributed by atoms with E-state index in [0.29, 0.717) is 17.7 Å². The second kappa shape index (κ2) is 5.47. The Balaban J connectivity index is 1.59. The smallest absolute Gasteiger partial charge is 0.359 e. The molecule has 4 nitrogen and oxygen atoms in total. The molecule has 0 amide bonds. The van der Waals surface area contributed by atoms with Crippen molar-refractivity contribution in [2.75, 3.05) is 6.61 Å². The molecule has 0 unspecified atom stereocenters. The number of esters is 1. The average Bonchev–Trinajstić information content (AvgIpc) is 3.25. The zero-order valence-electron chi connectivity index (χ0n) is 13.4. The summed E-state index contributed by atoms with van der Waals surface area (Å²) in [4.78, 5) is 12.3. The minimum Gasteiger partial charge on any atom is -0.461 e. The Kier molecular flexibility index (Phi) is 3.80. The fraction of sp³-hybridized carbons (Fsp3) is 0.765. The summed E-state index contributed by atoms with van der Waals surface area (Å²) in [5, 5.41) is 4.45. The second-order valence-electron chi connectivity index (χ2n) is 7.25. The van der Waals surface area contributed by atoms with Crippen LogP contribution < -0.4 is 0 Å². The van der Waals surface area contributed by atoms with Gasteiger partial charge >= 0.3 is 5.97 Å². The predicted octanol–water partition coefficient (Wildman–Crippen LogP) is 3.51. The van der Waals surface area contributed by atoms with Gasteiger partial charge in [-0.2, -0.15) is 5.10 Å². The number of fused-ring (bicyclic) bond motifs is 1. The molecule has 1 aromatic heterocycles. The topological polar surface area (TPSA) is 44.1 Å². The number of carbonyl (C=O) groups is 1. The van der Waals surface area contributed by atoms with Gasteiger partial charge in [0.1, 0.15) is 0 Å². The molecular weight excluding hydrogens is 264 g/mol. The molecule has 0 N–H and O–H groups in total. The summed E-state index contributed by atoms with van der Waals surface area (Å²) >= 11 is 0. The minimum absolute atomic E-state index is 0.249. The fourth-order valence-corrected chi connectivity index (χ4v) is 3.38. The maximum atomic E-state index is 12.3. The summed E-state index contributed by atoms with van der Waals surface area (Å²) in [6.45, 7) is 7.98. The van der Waals surface area contributed by atoms with Crippen molar-refractivity contribution in [3.63, 3.8) is 0 Å². The van der Waals surface area contributed by atoms with Crippen molar-refractivity contribution in [3.8, 4) is 0 Å². The van der Waals surface area contributed by atoms with Gasteiger partial charge in [0.2, 0.25) is 0 Å². The molecule has 116 valence electrons. The number of hydrogen-bond donors (Lipinski definition) is 0. The Morgan fingerprint density at radius 3 is 2.81 bits per heavy atom. The van der Waals surface area contributed by atoms with Crippen molar-refractivity contribution in [1.82, 2.24) is 9.78 Å². The third-order valence-electron chi connectivity index (χ3n) is 5.21. The summed E-state index contributed by atoms with van der Waals surface area (Å²) in [5.74, 6) is 0.568. The zero-order chi connectivity index (χ0) is 15.0. The Morgan fingerprint density at radius 1 is 1.38 bits per heavy atom.